The van der Waals surface area contributed by atoms with Crippen LogP contribution >= 0.6 is 0 Å². The number of H-pyrrole nitrogens is 1. The smallest absolute Gasteiger partial charge is 0.243 e. The fraction of sp³-hybridized carbons (Fsp3) is 0.346. The van der Waals surface area contributed by atoms with Crippen LogP contribution in [-0.2, 0) is 27.2 Å². The number of aldehydes is 1. The van der Waals surface area contributed by atoms with Crippen LogP contribution in [0, 0.1) is 11.6 Å². The van der Waals surface area contributed by atoms with E-state index in [0.29, 0.717) is 19.1 Å². The Morgan fingerprint density at radius 2 is 1.83 bits per heavy atom. The van der Waals surface area contributed by atoms with Gasteiger partial charge in [-0.1, -0.05) is 38.0 Å². The van der Waals surface area contributed by atoms with E-state index in [1.54, 1.807) is 6.20 Å². The zero-order valence-electron chi connectivity index (χ0n) is 19.5. The lowest BCUT2D eigenvalue weighted by Crippen LogP contribution is -2.54. The van der Waals surface area contributed by atoms with Crippen molar-refractivity contribution in [2.45, 2.75) is 57.2 Å². The predicted octanol–water partition coefficient (Wildman–Crippen LogP) is 2.92. The summed E-state index contributed by atoms with van der Waals surface area (Å²) in [6.45, 7) is 1.94. The van der Waals surface area contributed by atoms with Gasteiger partial charge < -0.3 is 26.1 Å². The molecule has 0 aliphatic carbocycles. The van der Waals surface area contributed by atoms with E-state index in [2.05, 4.69) is 15.6 Å². The van der Waals surface area contributed by atoms with Gasteiger partial charge in [0.15, 0.2) is 0 Å². The lowest BCUT2D eigenvalue weighted by molar-refractivity contribution is -0.130. The Hall–Kier alpha value is -3.59. The molecule has 5 N–H and O–H groups in total. The van der Waals surface area contributed by atoms with Crippen molar-refractivity contribution in [3.8, 4) is 0 Å². The molecule has 2 aromatic carbocycles. The molecule has 0 aliphatic heterocycles. The van der Waals surface area contributed by atoms with E-state index in [1.807, 2.05) is 31.2 Å². The molecular formula is C26H30F2N4O3. The quantitative estimate of drug-likeness (QED) is 0.296. The number of para-hydroxylation sites is 1. The van der Waals surface area contributed by atoms with E-state index in [0.717, 1.165) is 41.1 Å². The number of nitrogens with two attached hydrogens (primary N) is 1. The summed E-state index contributed by atoms with van der Waals surface area (Å²) in [4.78, 5) is 40.4. The molecule has 0 spiro atoms. The van der Waals surface area contributed by atoms with Gasteiger partial charge in [0.25, 0.3) is 0 Å². The molecule has 186 valence electrons. The van der Waals surface area contributed by atoms with E-state index in [4.69, 9.17) is 5.73 Å². The summed E-state index contributed by atoms with van der Waals surface area (Å²) in [5, 5.41) is 6.18. The van der Waals surface area contributed by atoms with E-state index in [-0.39, 0.29) is 18.4 Å². The number of benzene rings is 2. The molecule has 2 amide bonds. The van der Waals surface area contributed by atoms with Gasteiger partial charge in [0.05, 0.1) is 12.1 Å². The van der Waals surface area contributed by atoms with Crippen LogP contribution in [0.3, 0.4) is 0 Å². The molecule has 1 heterocycles. The molecule has 35 heavy (non-hydrogen) atoms. The first-order valence-electron chi connectivity index (χ1n) is 11.6. The number of aromatic amines is 1. The molecule has 0 aliphatic rings. The molecule has 0 unspecified atom stereocenters. The van der Waals surface area contributed by atoms with Crippen LogP contribution in [0.4, 0.5) is 8.78 Å². The lowest BCUT2D eigenvalue weighted by Gasteiger charge is -2.22. The number of halogens is 2. The molecular weight excluding hydrogens is 454 g/mol. The highest BCUT2D eigenvalue weighted by Gasteiger charge is 2.26. The highest BCUT2D eigenvalue weighted by Crippen LogP contribution is 2.19. The Morgan fingerprint density at radius 1 is 1.06 bits per heavy atom. The molecule has 3 rings (SSSR count). The average Bonchev–Trinajstić information content (AvgIpc) is 3.25. The monoisotopic (exact) mass is 484 g/mol. The van der Waals surface area contributed by atoms with E-state index >= 15 is 0 Å². The number of aromatic nitrogens is 1. The summed E-state index contributed by atoms with van der Waals surface area (Å²) in [6, 6.07) is 7.69. The Balaban J connectivity index is 1.65. The Morgan fingerprint density at radius 3 is 2.57 bits per heavy atom. The highest BCUT2D eigenvalue weighted by atomic mass is 19.1. The van der Waals surface area contributed by atoms with Gasteiger partial charge in [-0.05, 0) is 48.2 Å². The van der Waals surface area contributed by atoms with Crippen molar-refractivity contribution < 1.29 is 23.2 Å². The summed E-state index contributed by atoms with van der Waals surface area (Å²) in [7, 11) is 0. The third-order valence-electron chi connectivity index (χ3n) is 5.87. The molecule has 0 fully saturated rings. The molecule has 3 atom stereocenters. The van der Waals surface area contributed by atoms with Crippen LogP contribution in [0.1, 0.15) is 37.3 Å². The largest absolute Gasteiger partial charge is 0.361 e. The molecule has 0 saturated heterocycles. The minimum absolute atomic E-state index is 0.0303. The number of carbonyl (C=O) groups excluding carboxylic acids is 3. The highest BCUT2D eigenvalue weighted by molar-refractivity contribution is 5.91. The third kappa shape index (κ3) is 6.95. The van der Waals surface area contributed by atoms with Gasteiger partial charge in [0, 0.05) is 23.5 Å². The molecule has 7 nitrogen and oxygen atoms in total. The molecule has 0 radical (unpaired) electrons. The molecule has 0 saturated carbocycles. The number of hydrogen-bond donors (Lipinski definition) is 4. The van der Waals surface area contributed by atoms with Crippen molar-refractivity contribution in [1.29, 1.82) is 0 Å². The van der Waals surface area contributed by atoms with Crippen molar-refractivity contribution in [2.24, 2.45) is 5.73 Å². The van der Waals surface area contributed by atoms with Crippen molar-refractivity contribution in [3.05, 3.63) is 71.4 Å². The number of carbonyl (C=O) groups is 3. The molecule has 9 heteroatoms. The van der Waals surface area contributed by atoms with Gasteiger partial charge >= 0.3 is 0 Å². The Bertz CT molecular complexity index is 1180. The second-order valence-corrected chi connectivity index (χ2v) is 8.56. The van der Waals surface area contributed by atoms with Gasteiger partial charge in [-0.2, -0.15) is 0 Å². The number of amides is 2. The maximum absolute atomic E-state index is 14.0. The maximum Gasteiger partial charge on any atom is 0.243 e. The zero-order chi connectivity index (χ0) is 25.4. The number of nitrogens with one attached hydrogen (secondary N) is 3. The topological polar surface area (TPSA) is 117 Å². The van der Waals surface area contributed by atoms with Crippen LogP contribution < -0.4 is 16.4 Å². The van der Waals surface area contributed by atoms with Gasteiger partial charge in [0.1, 0.15) is 24.0 Å². The number of rotatable bonds is 12. The van der Waals surface area contributed by atoms with Crippen molar-refractivity contribution >= 4 is 29.0 Å². The number of hydrogen-bond acceptors (Lipinski definition) is 4. The van der Waals surface area contributed by atoms with Gasteiger partial charge in [-0.25, -0.2) is 8.78 Å². The normalized spacial score (nSPS) is 13.7. The molecule has 0 bridgehead atoms. The summed E-state index contributed by atoms with van der Waals surface area (Å²) in [5.74, 6) is -2.40. The van der Waals surface area contributed by atoms with Crippen LogP contribution in [0.25, 0.3) is 10.9 Å². The minimum Gasteiger partial charge on any atom is -0.361 e. The summed E-state index contributed by atoms with van der Waals surface area (Å²) in [5.41, 5.74) is 7.94. The lowest BCUT2D eigenvalue weighted by atomic mass is 10.0. The van der Waals surface area contributed by atoms with Crippen molar-refractivity contribution in [3.63, 3.8) is 0 Å². The Kier molecular flexibility index (Phi) is 9.08. The van der Waals surface area contributed by atoms with Gasteiger partial charge in [-0.15, -0.1) is 0 Å². The van der Waals surface area contributed by atoms with Crippen molar-refractivity contribution in [1.82, 2.24) is 15.6 Å². The maximum atomic E-state index is 14.0. The first kappa shape index (κ1) is 26.0. The summed E-state index contributed by atoms with van der Waals surface area (Å²) < 4.78 is 27.4. The van der Waals surface area contributed by atoms with E-state index < -0.39 is 41.6 Å². The van der Waals surface area contributed by atoms with Crippen LogP contribution in [-0.4, -0.2) is 41.2 Å². The average molecular weight is 485 g/mol. The van der Waals surface area contributed by atoms with Crippen LogP contribution in [0.15, 0.2) is 48.7 Å². The van der Waals surface area contributed by atoms with Crippen LogP contribution in [0.5, 0.6) is 0 Å². The SMILES string of the molecule is CCCC[C@H](NC(=O)[C@@H](N)Cc1c[nH]c2ccccc12)C(=O)N[C@H](C=O)Cc1cc(F)ccc1F. The van der Waals surface area contributed by atoms with Gasteiger partial charge in [0.2, 0.25) is 11.8 Å². The summed E-state index contributed by atoms with van der Waals surface area (Å²) >= 11 is 0. The standard InChI is InChI=1S/C26H30F2N4O3/c1-2-3-7-24(26(35)31-19(15-33)12-16-11-18(27)9-10-21(16)28)32-25(34)22(29)13-17-14-30-23-8-5-4-6-20(17)23/h4-6,8-11,14-15,19,22,24,30H,2-3,7,12-13,29H2,1H3,(H,31,35)(H,32,34)/t19-,22-,24-/m0/s1. The predicted molar refractivity (Wildman–Crippen MR) is 129 cm³/mol. The van der Waals surface area contributed by atoms with E-state index in [9.17, 15) is 23.2 Å². The van der Waals surface area contributed by atoms with E-state index in [1.165, 1.54) is 0 Å². The fourth-order valence-electron chi connectivity index (χ4n) is 3.94. The third-order valence-corrected chi connectivity index (χ3v) is 5.87. The number of unbranched alkanes of at least 4 members (excludes halogenated alkanes) is 1. The second-order valence-electron chi connectivity index (χ2n) is 8.56. The van der Waals surface area contributed by atoms with Gasteiger partial charge in [-0.3, -0.25) is 9.59 Å². The zero-order valence-corrected chi connectivity index (χ0v) is 19.5. The molecule has 3 aromatic rings. The van der Waals surface area contributed by atoms with Crippen molar-refractivity contribution in [2.75, 3.05) is 0 Å². The summed E-state index contributed by atoms with van der Waals surface area (Å²) in [6.07, 6.45) is 4.10. The second kappa shape index (κ2) is 12.2. The van der Waals surface area contributed by atoms with Crippen LogP contribution in [0.2, 0.25) is 0 Å². The first-order valence-corrected chi connectivity index (χ1v) is 11.6. The fourth-order valence-corrected chi connectivity index (χ4v) is 3.94. The Labute approximate surface area is 202 Å². The minimum atomic E-state index is -1.08. The first-order chi connectivity index (χ1) is 16.8. The molecule has 1 aromatic heterocycles. The number of fused-ring (bicyclic) bond motifs is 1.